The molecule has 3 saturated carbocycles. The molecule has 10 heteroatoms. The van der Waals surface area contributed by atoms with E-state index in [1.54, 1.807) is 55.7 Å². The average molecular weight is 532 g/mol. The highest BCUT2D eigenvalue weighted by atomic mass is 32.2. The molecule has 3 aliphatic carbocycles. The van der Waals surface area contributed by atoms with Crippen molar-refractivity contribution >= 4 is 38.1 Å². The normalized spacial score (nSPS) is 23.1. The molecule has 3 aromatic heterocycles. The Morgan fingerprint density at radius 1 is 1.11 bits per heavy atom. The standard InChI is InChI=1S/C28H29N5O4S/c1-2-37-24(34)18-23-31-22-19-30-26-21(8-17-32(26)38(35,36)20-6-4-3-5-7-20)25(22)33(23)28-12-9-27(10-13-28,11-14-28)15-16-29/h3-8,17,19H,2,9-15,18H2,1H3. The summed E-state index contributed by atoms with van der Waals surface area (Å²) < 4.78 is 35.7. The quantitative estimate of drug-likeness (QED) is 0.317. The van der Waals surface area contributed by atoms with Gasteiger partial charge in [-0.1, -0.05) is 18.2 Å². The number of hydrogen-bond acceptors (Lipinski definition) is 7. The van der Waals surface area contributed by atoms with Crippen molar-refractivity contribution in [2.45, 2.75) is 68.7 Å². The molecule has 7 rings (SSSR count). The van der Waals surface area contributed by atoms with Crippen molar-refractivity contribution < 1.29 is 17.9 Å². The molecular weight excluding hydrogens is 502 g/mol. The number of nitrogens with zero attached hydrogens (tertiary/aromatic N) is 5. The molecule has 3 fully saturated rings. The first kappa shape index (κ1) is 24.6. The Kier molecular flexibility index (Phi) is 5.80. The molecule has 2 bridgehead atoms. The van der Waals surface area contributed by atoms with Crippen LogP contribution in [0.5, 0.6) is 0 Å². The van der Waals surface area contributed by atoms with E-state index in [2.05, 4.69) is 15.6 Å². The Hall–Kier alpha value is -3.71. The molecule has 1 aromatic carbocycles. The Labute approximate surface area is 221 Å². The van der Waals surface area contributed by atoms with Crippen molar-refractivity contribution in [3.63, 3.8) is 0 Å². The zero-order valence-corrected chi connectivity index (χ0v) is 22.1. The van der Waals surface area contributed by atoms with Crippen LogP contribution in [0.1, 0.15) is 57.7 Å². The van der Waals surface area contributed by atoms with Crippen molar-refractivity contribution in [1.82, 2.24) is 18.5 Å². The van der Waals surface area contributed by atoms with E-state index < -0.39 is 10.0 Å². The Bertz CT molecular complexity index is 1670. The fourth-order valence-corrected chi connectivity index (χ4v) is 7.88. The van der Waals surface area contributed by atoms with E-state index in [1.165, 1.54) is 3.97 Å². The molecule has 0 N–H and O–H groups in total. The highest BCUT2D eigenvalue weighted by molar-refractivity contribution is 7.90. The van der Waals surface area contributed by atoms with Gasteiger partial charge in [-0.15, -0.1) is 0 Å². The molecule has 3 aliphatic rings. The van der Waals surface area contributed by atoms with E-state index in [0.29, 0.717) is 28.8 Å². The first-order chi connectivity index (χ1) is 18.3. The van der Waals surface area contributed by atoms with E-state index in [9.17, 15) is 18.5 Å². The molecule has 3 heterocycles. The summed E-state index contributed by atoms with van der Waals surface area (Å²) in [5, 5.41) is 10.1. The van der Waals surface area contributed by atoms with E-state index >= 15 is 0 Å². The molecule has 0 aliphatic heterocycles. The molecular formula is C28H29N5O4S. The average Bonchev–Trinajstić information content (AvgIpc) is 3.52. The van der Waals surface area contributed by atoms with Crippen molar-refractivity contribution in [3.8, 4) is 6.07 Å². The van der Waals surface area contributed by atoms with Crippen LogP contribution >= 0.6 is 0 Å². The van der Waals surface area contributed by atoms with Gasteiger partial charge in [-0.05, 0) is 69.1 Å². The van der Waals surface area contributed by atoms with Gasteiger partial charge in [-0.3, -0.25) is 4.79 Å². The summed E-state index contributed by atoms with van der Waals surface area (Å²) >= 11 is 0. The van der Waals surface area contributed by atoms with Crippen LogP contribution in [0.15, 0.2) is 53.7 Å². The third-order valence-corrected chi connectivity index (χ3v) is 10.2. The lowest BCUT2D eigenvalue weighted by Crippen LogP contribution is -2.48. The third-order valence-electron chi connectivity index (χ3n) is 8.56. The maximum Gasteiger partial charge on any atom is 0.313 e. The molecule has 196 valence electrons. The summed E-state index contributed by atoms with van der Waals surface area (Å²) in [6.07, 6.45) is 9.19. The fourth-order valence-electron chi connectivity index (χ4n) is 6.56. The summed E-state index contributed by atoms with van der Waals surface area (Å²) in [6, 6.07) is 12.5. The second-order valence-electron chi connectivity index (χ2n) is 10.6. The van der Waals surface area contributed by atoms with Gasteiger partial charge in [-0.2, -0.15) is 5.26 Å². The van der Waals surface area contributed by atoms with Crippen LogP contribution in [0.3, 0.4) is 0 Å². The second kappa shape index (κ2) is 8.95. The van der Waals surface area contributed by atoms with Gasteiger partial charge in [0.1, 0.15) is 17.8 Å². The highest BCUT2D eigenvalue weighted by Gasteiger charge is 2.50. The van der Waals surface area contributed by atoms with Gasteiger partial charge >= 0.3 is 5.97 Å². The molecule has 4 aromatic rings. The van der Waals surface area contributed by atoms with Crippen LogP contribution in [-0.4, -0.2) is 39.5 Å². The van der Waals surface area contributed by atoms with Gasteiger partial charge in [0.05, 0.1) is 29.3 Å². The van der Waals surface area contributed by atoms with Crippen LogP contribution < -0.4 is 0 Å². The summed E-state index contributed by atoms with van der Waals surface area (Å²) in [5.74, 6) is 0.264. The number of fused-ring (bicyclic) bond motifs is 6. The lowest BCUT2D eigenvalue weighted by Gasteiger charge is -2.54. The molecule has 0 amide bonds. The van der Waals surface area contributed by atoms with Crippen LogP contribution in [-0.2, 0) is 31.5 Å². The van der Waals surface area contributed by atoms with Crippen LogP contribution in [0, 0.1) is 16.7 Å². The summed E-state index contributed by atoms with van der Waals surface area (Å²) in [7, 11) is -3.86. The number of carbonyl (C=O) groups is 1. The lowest BCUT2D eigenvalue weighted by molar-refractivity contribution is -0.142. The number of pyridine rings is 1. The Morgan fingerprint density at radius 2 is 1.82 bits per heavy atom. The van der Waals surface area contributed by atoms with Gasteiger partial charge in [0.25, 0.3) is 10.0 Å². The third kappa shape index (κ3) is 3.71. The molecule has 38 heavy (non-hydrogen) atoms. The lowest BCUT2D eigenvalue weighted by atomic mass is 9.56. The number of benzene rings is 1. The molecule has 0 unspecified atom stereocenters. The maximum absolute atomic E-state index is 13.5. The number of hydrogen-bond donors (Lipinski definition) is 0. The van der Waals surface area contributed by atoms with Gasteiger partial charge in [0.15, 0.2) is 5.65 Å². The first-order valence-electron chi connectivity index (χ1n) is 13.0. The van der Waals surface area contributed by atoms with E-state index in [4.69, 9.17) is 9.72 Å². The predicted octanol–water partition coefficient (Wildman–Crippen LogP) is 4.69. The fraction of sp³-hybridized carbons (Fsp3) is 0.429. The number of ether oxygens (including phenoxy) is 1. The minimum atomic E-state index is -3.86. The van der Waals surface area contributed by atoms with Crippen molar-refractivity contribution in [1.29, 1.82) is 5.26 Å². The molecule has 0 spiro atoms. The Balaban J connectivity index is 1.55. The molecule has 0 saturated heterocycles. The zero-order valence-electron chi connectivity index (χ0n) is 21.3. The van der Waals surface area contributed by atoms with Gasteiger partial charge in [0, 0.05) is 23.5 Å². The molecule has 0 radical (unpaired) electrons. The minimum absolute atomic E-state index is 0.0259. The van der Waals surface area contributed by atoms with Gasteiger partial charge in [0.2, 0.25) is 0 Å². The van der Waals surface area contributed by atoms with Crippen LogP contribution in [0.4, 0.5) is 0 Å². The first-order valence-corrected chi connectivity index (χ1v) is 14.5. The van der Waals surface area contributed by atoms with E-state index in [0.717, 1.165) is 44.0 Å². The van der Waals surface area contributed by atoms with Crippen LogP contribution in [0.25, 0.3) is 22.1 Å². The van der Waals surface area contributed by atoms with E-state index in [1.807, 2.05) is 0 Å². The van der Waals surface area contributed by atoms with Crippen molar-refractivity contribution in [3.05, 3.63) is 54.6 Å². The van der Waals surface area contributed by atoms with Crippen molar-refractivity contribution in [2.24, 2.45) is 5.41 Å². The molecule has 9 nitrogen and oxygen atoms in total. The smallest absolute Gasteiger partial charge is 0.313 e. The van der Waals surface area contributed by atoms with Gasteiger partial charge in [-0.25, -0.2) is 22.4 Å². The summed E-state index contributed by atoms with van der Waals surface area (Å²) in [4.78, 5) is 22.2. The zero-order chi connectivity index (χ0) is 26.5. The van der Waals surface area contributed by atoms with E-state index in [-0.39, 0.29) is 34.8 Å². The largest absolute Gasteiger partial charge is 0.466 e. The predicted molar refractivity (Wildman–Crippen MR) is 141 cm³/mol. The topological polar surface area (TPSA) is 120 Å². The number of aromatic nitrogens is 4. The summed E-state index contributed by atoms with van der Waals surface area (Å²) in [6.45, 7) is 2.06. The molecule has 0 atom stereocenters. The van der Waals surface area contributed by atoms with Crippen LogP contribution in [0.2, 0.25) is 0 Å². The number of esters is 1. The number of carbonyl (C=O) groups excluding carboxylic acids is 1. The van der Waals surface area contributed by atoms with Gasteiger partial charge < -0.3 is 9.30 Å². The monoisotopic (exact) mass is 531 g/mol. The minimum Gasteiger partial charge on any atom is -0.466 e. The van der Waals surface area contributed by atoms with Crippen molar-refractivity contribution in [2.75, 3.05) is 6.61 Å². The maximum atomic E-state index is 13.5. The second-order valence-corrected chi connectivity index (χ2v) is 12.4. The summed E-state index contributed by atoms with van der Waals surface area (Å²) in [5.41, 5.74) is 1.55. The Morgan fingerprint density at radius 3 is 2.47 bits per heavy atom. The highest BCUT2D eigenvalue weighted by Crippen LogP contribution is 2.58. The number of imidazole rings is 1. The number of rotatable bonds is 7. The number of nitriles is 1. The SMILES string of the molecule is CCOC(=O)Cc1nc2cnc3c(ccn3S(=O)(=O)c3ccccc3)c2n1C12CCC(CC#N)(CC1)CC2.